The van der Waals surface area contributed by atoms with Gasteiger partial charge in [0, 0.05) is 23.4 Å². The molecule has 6 nitrogen and oxygen atoms in total. The van der Waals surface area contributed by atoms with Crippen LogP contribution in [0.15, 0.2) is 48.8 Å². The lowest BCUT2D eigenvalue weighted by Gasteiger charge is -2.28. The number of alkyl halides is 3. The second-order valence-electron chi connectivity index (χ2n) is 7.97. The Morgan fingerprint density at radius 2 is 1.75 bits per heavy atom. The van der Waals surface area contributed by atoms with E-state index >= 15 is 0 Å². The van der Waals surface area contributed by atoms with E-state index in [-0.39, 0.29) is 11.4 Å². The molecule has 32 heavy (non-hydrogen) atoms. The fourth-order valence-electron chi connectivity index (χ4n) is 3.93. The Bertz CT molecular complexity index is 1050. The first-order chi connectivity index (χ1) is 15.3. The molecule has 0 radical (unpaired) electrons. The first kappa shape index (κ1) is 21.9. The molecule has 0 atom stereocenters. The number of nitrogens with one attached hydrogen (secondary N) is 1. The molecular formula is C23H22F3N3O3. The van der Waals surface area contributed by atoms with Crippen LogP contribution in [-0.2, 0) is 6.18 Å². The fraction of sp³-hybridized carbons (Fsp3) is 0.348. The number of hydrogen-bond donors (Lipinski definition) is 2. The van der Waals surface area contributed by atoms with E-state index in [9.17, 15) is 18.0 Å². The molecule has 0 saturated heterocycles. The first-order valence-corrected chi connectivity index (χ1v) is 10.3. The van der Waals surface area contributed by atoms with Crippen molar-refractivity contribution in [3.63, 3.8) is 0 Å². The van der Waals surface area contributed by atoms with E-state index in [0.29, 0.717) is 29.8 Å². The zero-order chi connectivity index (χ0) is 22.7. The predicted octanol–water partition coefficient (Wildman–Crippen LogP) is 5.54. The number of carboxylic acids is 1. The van der Waals surface area contributed by atoms with E-state index < -0.39 is 17.8 Å². The molecule has 4 rings (SSSR count). The van der Waals surface area contributed by atoms with E-state index in [1.165, 1.54) is 12.1 Å². The molecule has 1 saturated carbocycles. The number of nitrogens with zero attached hydrogens (tertiary/aromatic N) is 2. The average Bonchev–Trinajstić information content (AvgIpc) is 3.30. The van der Waals surface area contributed by atoms with Crippen LogP contribution < -0.4 is 4.74 Å². The summed E-state index contributed by atoms with van der Waals surface area (Å²) in [5.74, 6) is 0.549. The Balaban J connectivity index is 1.28. The minimum absolute atomic E-state index is 0.147. The number of rotatable bonds is 6. The van der Waals surface area contributed by atoms with E-state index in [4.69, 9.17) is 9.84 Å². The number of H-pyrrole nitrogens is 1. The van der Waals surface area contributed by atoms with Crippen molar-refractivity contribution in [1.29, 1.82) is 0 Å². The van der Waals surface area contributed by atoms with Gasteiger partial charge in [0.25, 0.3) is 0 Å². The van der Waals surface area contributed by atoms with Crippen molar-refractivity contribution in [1.82, 2.24) is 15.0 Å². The molecule has 0 bridgehead atoms. The van der Waals surface area contributed by atoms with Gasteiger partial charge in [-0.25, -0.2) is 9.78 Å². The van der Waals surface area contributed by atoms with Crippen molar-refractivity contribution >= 4 is 5.97 Å². The van der Waals surface area contributed by atoms with Gasteiger partial charge in [-0.2, -0.15) is 13.2 Å². The Labute approximate surface area is 182 Å². The van der Waals surface area contributed by atoms with Crippen molar-refractivity contribution in [2.75, 3.05) is 6.61 Å². The van der Waals surface area contributed by atoms with Crippen LogP contribution in [0.2, 0.25) is 0 Å². The van der Waals surface area contributed by atoms with Crippen LogP contribution in [0.25, 0.3) is 11.4 Å². The molecule has 0 aliphatic heterocycles. The van der Waals surface area contributed by atoms with E-state index in [1.807, 2.05) is 6.07 Å². The van der Waals surface area contributed by atoms with Crippen LogP contribution >= 0.6 is 0 Å². The smallest absolute Gasteiger partial charge is 0.432 e. The maximum absolute atomic E-state index is 12.7. The summed E-state index contributed by atoms with van der Waals surface area (Å²) in [4.78, 5) is 21.5. The molecule has 2 N–H and O–H groups in total. The quantitative estimate of drug-likeness (QED) is 0.520. The molecule has 1 aliphatic rings. The molecule has 9 heteroatoms. The van der Waals surface area contributed by atoms with Gasteiger partial charge in [0.15, 0.2) is 0 Å². The predicted molar refractivity (Wildman–Crippen MR) is 110 cm³/mol. The Morgan fingerprint density at radius 1 is 1.03 bits per heavy atom. The summed E-state index contributed by atoms with van der Waals surface area (Å²) in [5, 5.41) is 8.94. The molecule has 2 aromatic heterocycles. The van der Waals surface area contributed by atoms with Crippen molar-refractivity contribution < 1.29 is 27.8 Å². The summed E-state index contributed by atoms with van der Waals surface area (Å²) in [6.07, 6.45) is 1.76. The molecular weight excluding hydrogens is 423 g/mol. The van der Waals surface area contributed by atoms with E-state index in [1.54, 1.807) is 24.4 Å². The van der Waals surface area contributed by atoms with Gasteiger partial charge in [0.1, 0.15) is 17.3 Å². The number of pyridine rings is 1. The number of aromatic carboxylic acids is 1. The van der Waals surface area contributed by atoms with Crippen LogP contribution in [0.1, 0.15) is 53.3 Å². The average molecular weight is 445 g/mol. The number of aromatic nitrogens is 3. The van der Waals surface area contributed by atoms with Gasteiger partial charge in [-0.05, 0) is 68.0 Å². The number of benzene rings is 1. The van der Waals surface area contributed by atoms with E-state index in [0.717, 1.165) is 37.6 Å². The third-order valence-corrected chi connectivity index (χ3v) is 5.79. The number of ether oxygens (including phenoxy) is 1. The van der Waals surface area contributed by atoms with Crippen LogP contribution in [0.4, 0.5) is 13.2 Å². The highest BCUT2D eigenvalue weighted by Crippen LogP contribution is 2.36. The zero-order valence-corrected chi connectivity index (χ0v) is 17.1. The van der Waals surface area contributed by atoms with Crippen molar-refractivity contribution in [2.45, 2.75) is 37.8 Å². The van der Waals surface area contributed by atoms with Crippen LogP contribution in [0.5, 0.6) is 5.75 Å². The summed E-state index contributed by atoms with van der Waals surface area (Å²) in [6.45, 7) is 0.575. The summed E-state index contributed by atoms with van der Waals surface area (Å²) >= 11 is 0. The van der Waals surface area contributed by atoms with Gasteiger partial charge in [0.2, 0.25) is 0 Å². The molecule has 1 aliphatic carbocycles. The molecule has 168 valence electrons. The number of carboxylic acid groups (broad SMARTS) is 1. The van der Waals surface area contributed by atoms with Crippen LogP contribution in [0, 0.1) is 5.92 Å². The zero-order valence-electron chi connectivity index (χ0n) is 17.1. The molecule has 1 aromatic carbocycles. The van der Waals surface area contributed by atoms with Crippen molar-refractivity contribution in [3.8, 4) is 17.1 Å². The highest BCUT2D eigenvalue weighted by atomic mass is 19.4. The molecule has 1 fully saturated rings. The summed E-state index contributed by atoms with van der Waals surface area (Å²) in [5.41, 5.74) is 0.791. The maximum atomic E-state index is 12.7. The number of aromatic amines is 1. The SMILES string of the molecule is O=C(O)c1ccc(OCC2CCC(c3ccc(-c4ncc(C(F)(F)F)[nH]4)cn3)CC2)cc1. The summed E-state index contributed by atoms with van der Waals surface area (Å²) in [7, 11) is 0. The van der Waals surface area contributed by atoms with Gasteiger partial charge in [0.05, 0.1) is 18.4 Å². The highest BCUT2D eigenvalue weighted by molar-refractivity contribution is 5.87. The molecule has 0 unspecified atom stereocenters. The van der Waals surface area contributed by atoms with Gasteiger partial charge in [-0.3, -0.25) is 4.98 Å². The van der Waals surface area contributed by atoms with Gasteiger partial charge in [-0.1, -0.05) is 0 Å². The normalized spacial score (nSPS) is 19.0. The second kappa shape index (κ2) is 9.02. The van der Waals surface area contributed by atoms with Crippen LogP contribution in [0.3, 0.4) is 0 Å². The number of hydrogen-bond acceptors (Lipinski definition) is 4. The summed E-state index contributed by atoms with van der Waals surface area (Å²) < 4.78 is 44.0. The first-order valence-electron chi connectivity index (χ1n) is 10.3. The monoisotopic (exact) mass is 445 g/mol. The number of imidazole rings is 1. The maximum Gasteiger partial charge on any atom is 0.432 e. The molecule has 0 spiro atoms. The molecule has 3 aromatic rings. The largest absolute Gasteiger partial charge is 0.493 e. The van der Waals surface area contributed by atoms with Gasteiger partial charge in [-0.15, -0.1) is 0 Å². The standard InChI is InChI=1S/C23H22F3N3O3/c24-23(25,26)20-12-28-21(29-20)17-7-10-19(27-11-17)15-3-1-14(2-4-15)13-32-18-8-5-16(6-9-18)22(30)31/h5-12,14-15H,1-4,13H2,(H,28,29)(H,30,31). The lowest BCUT2D eigenvalue weighted by atomic mass is 9.80. The number of carbonyl (C=O) groups is 1. The minimum Gasteiger partial charge on any atom is -0.493 e. The molecule has 0 amide bonds. The lowest BCUT2D eigenvalue weighted by Crippen LogP contribution is -2.19. The number of halogens is 3. The Morgan fingerprint density at radius 3 is 2.31 bits per heavy atom. The van der Waals surface area contributed by atoms with Crippen molar-refractivity contribution in [3.05, 3.63) is 65.7 Å². The van der Waals surface area contributed by atoms with Crippen LogP contribution in [-0.4, -0.2) is 32.6 Å². The van der Waals surface area contributed by atoms with Crippen molar-refractivity contribution in [2.24, 2.45) is 5.92 Å². The molecule has 2 heterocycles. The third kappa shape index (κ3) is 5.09. The Kier molecular flexibility index (Phi) is 6.16. The van der Waals surface area contributed by atoms with Gasteiger partial charge < -0.3 is 14.8 Å². The highest BCUT2D eigenvalue weighted by Gasteiger charge is 2.33. The minimum atomic E-state index is -4.46. The third-order valence-electron chi connectivity index (χ3n) is 5.79. The topological polar surface area (TPSA) is 88.1 Å². The van der Waals surface area contributed by atoms with E-state index in [2.05, 4.69) is 15.0 Å². The van der Waals surface area contributed by atoms with Gasteiger partial charge >= 0.3 is 12.1 Å². The Hall–Kier alpha value is -3.36. The fourth-order valence-corrected chi connectivity index (χ4v) is 3.93. The second-order valence-corrected chi connectivity index (χ2v) is 7.97. The summed E-state index contributed by atoms with van der Waals surface area (Å²) in [6, 6.07) is 9.98. The lowest BCUT2D eigenvalue weighted by molar-refractivity contribution is -0.140.